The van der Waals surface area contributed by atoms with Gasteiger partial charge in [-0.25, -0.2) is 0 Å². The van der Waals surface area contributed by atoms with Crippen LogP contribution in [0.5, 0.6) is 0 Å². The average molecular weight is 280 g/mol. The maximum atomic E-state index is 12.1. The summed E-state index contributed by atoms with van der Waals surface area (Å²) < 4.78 is 0. The zero-order chi connectivity index (χ0) is 13.5. The molecule has 3 nitrogen and oxygen atoms in total. The van der Waals surface area contributed by atoms with E-state index in [1.807, 2.05) is 0 Å². The van der Waals surface area contributed by atoms with E-state index in [1.54, 1.807) is 0 Å². The van der Waals surface area contributed by atoms with Crippen molar-refractivity contribution in [2.75, 3.05) is 6.54 Å². The van der Waals surface area contributed by atoms with Gasteiger partial charge in [-0.3, -0.25) is 4.79 Å². The minimum atomic E-state index is 0.207. The van der Waals surface area contributed by atoms with Crippen molar-refractivity contribution in [3.63, 3.8) is 0 Å². The van der Waals surface area contributed by atoms with Crippen molar-refractivity contribution < 1.29 is 4.79 Å². The first-order valence-corrected chi connectivity index (χ1v) is 8.00. The van der Waals surface area contributed by atoms with Crippen LogP contribution in [-0.2, 0) is 4.79 Å². The Kier molecular flexibility index (Phi) is 3.54. The van der Waals surface area contributed by atoms with Crippen molar-refractivity contribution >= 4 is 23.1 Å². The SMILES string of the molecule is NC(=S)CCNC(=O)CC12CC3CC(CC(C3)C1)C2. The van der Waals surface area contributed by atoms with Crippen molar-refractivity contribution in [3.8, 4) is 0 Å². The predicted octanol–water partition coefficient (Wildman–Crippen LogP) is 2.39. The zero-order valence-corrected chi connectivity index (χ0v) is 12.3. The van der Waals surface area contributed by atoms with Crippen LogP contribution in [0, 0.1) is 23.2 Å². The largest absolute Gasteiger partial charge is 0.393 e. The summed E-state index contributed by atoms with van der Waals surface area (Å²) in [5.41, 5.74) is 5.78. The zero-order valence-electron chi connectivity index (χ0n) is 11.5. The van der Waals surface area contributed by atoms with Gasteiger partial charge in [-0.1, -0.05) is 12.2 Å². The van der Waals surface area contributed by atoms with Crippen LogP contribution >= 0.6 is 12.2 Å². The van der Waals surface area contributed by atoms with E-state index in [0.717, 1.165) is 24.2 Å². The van der Waals surface area contributed by atoms with Crippen LogP contribution in [0.1, 0.15) is 51.4 Å². The third kappa shape index (κ3) is 2.93. The van der Waals surface area contributed by atoms with E-state index in [-0.39, 0.29) is 5.91 Å². The molecule has 0 aliphatic heterocycles. The lowest BCUT2D eigenvalue weighted by Gasteiger charge is -2.56. The van der Waals surface area contributed by atoms with Gasteiger partial charge in [0.2, 0.25) is 5.91 Å². The first kappa shape index (κ1) is 13.3. The quantitative estimate of drug-likeness (QED) is 0.760. The Morgan fingerprint density at radius 2 is 1.68 bits per heavy atom. The number of nitrogens with one attached hydrogen (secondary N) is 1. The monoisotopic (exact) mass is 280 g/mol. The summed E-state index contributed by atoms with van der Waals surface area (Å²) in [6.07, 6.45) is 9.52. The molecule has 4 fully saturated rings. The normalized spacial score (nSPS) is 39.3. The van der Waals surface area contributed by atoms with Crippen LogP contribution in [0.3, 0.4) is 0 Å². The molecule has 106 valence electrons. The molecule has 1 amide bonds. The molecular formula is C15H24N2OS. The summed E-state index contributed by atoms with van der Waals surface area (Å²) in [5.74, 6) is 2.94. The molecule has 4 rings (SSSR count). The molecular weight excluding hydrogens is 256 g/mol. The Bertz CT molecular complexity index is 358. The first-order valence-electron chi connectivity index (χ1n) is 7.60. The highest BCUT2D eigenvalue weighted by atomic mass is 32.1. The number of hydrogen-bond donors (Lipinski definition) is 2. The molecule has 0 aromatic rings. The summed E-state index contributed by atoms with van der Waals surface area (Å²) in [6.45, 7) is 0.598. The molecule has 0 heterocycles. The number of hydrogen-bond acceptors (Lipinski definition) is 2. The van der Waals surface area contributed by atoms with Gasteiger partial charge in [-0.15, -0.1) is 0 Å². The molecule has 0 saturated heterocycles. The Hall–Kier alpha value is -0.640. The van der Waals surface area contributed by atoms with Crippen molar-refractivity contribution in [2.24, 2.45) is 28.9 Å². The Morgan fingerprint density at radius 3 is 2.16 bits per heavy atom. The third-order valence-electron chi connectivity index (χ3n) is 5.39. The van der Waals surface area contributed by atoms with Crippen LogP contribution in [-0.4, -0.2) is 17.4 Å². The second-order valence-corrected chi connectivity index (χ2v) is 7.68. The van der Waals surface area contributed by atoms with Gasteiger partial charge in [0.05, 0.1) is 4.99 Å². The number of carbonyl (C=O) groups is 1. The van der Waals surface area contributed by atoms with Crippen LogP contribution in [0.2, 0.25) is 0 Å². The molecule has 19 heavy (non-hydrogen) atoms. The third-order valence-corrected chi connectivity index (χ3v) is 5.60. The topological polar surface area (TPSA) is 55.1 Å². The van der Waals surface area contributed by atoms with Crippen molar-refractivity contribution in [2.45, 2.75) is 51.4 Å². The molecule has 0 spiro atoms. The molecule has 4 heteroatoms. The van der Waals surface area contributed by atoms with Crippen LogP contribution < -0.4 is 11.1 Å². The molecule has 4 bridgehead atoms. The van der Waals surface area contributed by atoms with E-state index >= 15 is 0 Å². The van der Waals surface area contributed by atoms with Crippen molar-refractivity contribution in [3.05, 3.63) is 0 Å². The smallest absolute Gasteiger partial charge is 0.220 e. The molecule has 4 aliphatic rings. The summed E-state index contributed by atoms with van der Waals surface area (Å²) in [7, 11) is 0. The standard InChI is InChI=1S/C15H24N2OS/c16-13(19)1-2-17-14(18)9-15-6-10-3-11(7-15)5-12(4-10)8-15/h10-12H,1-9H2,(H2,16,19)(H,17,18). The maximum absolute atomic E-state index is 12.1. The van der Waals surface area contributed by atoms with Gasteiger partial charge in [0.1, 0.15) is 0 Å². The van der Waals surface area contributed by atoms with Gasteiger partial charge >= 0.3 is 0 Å². The van der Waals surface area contributed by atoms with Gasteiger partial charge in [0.15, 0.2) is 0 Å². The number of rotatable bonds is 5. The van der Waals surface area contributed by atoms with E-state index in [9.17, 15) is 4.79 Å². The lowest BCUT2D eigenvalue weighted by molar-refractivity contribution is -0.129. The lowest BCUT2D eigenvalue weighted by Crippen LogP contribution is -2.48. The molecule has 3 N–H and O–H groups in total. The second-order valence-electron chi connectivity index (χ2n) is 7.16. The van der Waals surface area contributed by atoms with E-state index in [4.69, 9.17) is 18.0 Å². The summed E-state index contributed by atoms with van der Waals surface area (Å²) in [6, 6.07) is 0. The average Bonchev–Trinajstić information content (AvgIpc) is 2.25. The fourth-order valence-corrected chi connectivity index (χ4v) is 5.34. The van der Waals surface area contributed by atoms with E-state index < -0.39 is 0 Å². The van der Waals surface area contributed by atoms with Gasteiger partial charge in [0.25, 0.3) is 0 Å². The van der Waals surface area contributed by atoms with Gasteiger partial charge < -0.3 is 11.1 Å². The molecule has 0 aromatic heterocycles. The van der Waals surface area contributed by atoms with E-state index in [0.29, 0.717) is 23.4 Å². The molecule has 0 radical (unpaired) electrons. The van der Waals surface area contributed by atoms with Crippen LogP contribution in [0.25, 0.3) is 0 Å². The molecule has 0 aromatic carbocycles. The van der Waals surface area contributed by atoms with Crippen LogP contribution in [0.4, 0.5) is 0 Å². The minimum absolute atomic E-state index is 0.207. The molecule has 4 aliphatic carbocycles. The van der Waals surface area contributed by atoms with Crippen molar-refractivity contribution in [1.29, 1.82) is 0 Å². The fraction of sp³-hybridized carbons (Fsp3) is 0.867. The first-order chi connectivity index (χ1) is 9.05. The lowest BCUT2D eigenvalue weighted by atomic mass is 9.49. The number of carbonyl (C=O) groups excluding carboxylic acids is 1. The van der Waals surface area contributed by atoms with Gasteiger partial charge in [0, 0.05) is 19.4 Å². The maximum Gasteiger partial charge on any atom is 0.220 e. The highest BCUT2D eigenvalue weighted by Gasteiger charge is 2.51. The predicted molar refractivity (Wildman–Crippen MR) is 79.6 cm³/mol. The second kappa shape index (κ2) is 5.04. The number of thiocarbonyl (C=S) groups is 1. The molecule has 0 unspecified atom stereocenters. The number of amides is 1. The highest BCUT2D eigenvalue weighted by Crippen LogP contribution is 2.61. The van der Waals surface area contributed by atoms with Gasteiger partial charge in [-0.05, 0) is 61.7 Å². The Morgan fingerprint density at radius 1 is 1.16 bits per heavy atom. The van der Waals surface area contributed by atoms with Gasteiger partial charge in [-0.2, -0.15) is 0 Å². The van der Waals surface area contributed by atoms with E-state index in [1.165, 1.54) is 38.5 Å². The number of nitrogens with two attached hydrogens (primary N) is 1. The summed E-state index contributed by atoms with van der Waals surface area (Å²) in [4.78, 5) is 12.6. The highest BCUT2D eigenvalue weighted by molar-refractivity contribution is 7.80. The van der Waals surface area contributed by atoms with Crippen LogP contribution in [0.15, 0.2) is 0 Å². The molecule has 0 atom stereocenters. The minimum Gasteiger partial charge on any atom is -0.393 e. The van der Waals surface area contributed by atoms with E-state index in [2.05, 4.69) is 5.32 Å². The molecule has 4 saturated carbocycles. The van der Waals surface area contributed by atoms with Crippen molar-refractivity contribution in [1.82, 2.24) is 5.32 Å². The summed E-state index contributed by atoms with van der Waals surface area (Å²) in [5, 5.41) is 2.98. The Balaban J connectivity index is 1.54. The summed E-state index contributed by atoms with van der Waals surface area (Å²) >= 11 is 4.83. The Labute approximate surface area is 120 Å². The fourth-order valence-electron chi connectivity index (χ4n) is 5.23.